The quantitative estimate of drug-likeness (QED) is 0.305. The smallest absolute Gasteiger partial charge is 0.274 e. The third kappa shape index (κ3) is 1.71. The fraction of sp³-hybridized carbons (Fsp3) is 0. The Morgan fingerprint density at radius 2 is 2.42 bits per heavy atom. The van der Waals surface area contributed by atoms with Gasteiger partial charge in [0.15, 0.2) is 0 Å². The molecule has 0 unspecified atom stereocenters. The normalized spacial score (nSPS) is 9.17. The number of nitrogens with one attached hydrogen (secondary N) is 1. The molecule has 1 radical (unpaired) electrons. The number of rotatable bonds is 1. The number of carbonyl (C=O) groups excluding carboxylic acids is 1. The molecule has 0 aliphatic heterocycles. The van der Waals surface area contributed by atoms with Crippen molar-refractivity contribution in [3.05, 3.63) is 30.3 Å². The zero-order valence-corrected chi connectivity index (χ0v) is 6.32. The highest BCUT2D eigenvalue weighted by Crippen LogP contribution is 2.07. The molecule has 0 bridgehead atoms. The molecular weight excluding hydrogens is 156 g/mol. The van der Waals surface area contributed by atoms with Crippen molar-refractivity contribution in [3.8, 4) is 0 Å². The number of nitrogens with zero attached hydrogens (tertiary/aromatic N) is 1. The van der Waals surface area contributed by atoms with E-state index in [1.807, 2.05) is 5.43 Å². The number of carbonyl (C=O) groups is 1. The van der Waals surface area contributed by atoms with Crippen molar-refractivity contribution < 1.29 is 4.79 Å². The van der Waals surface area contributed by atoms with Crippen LogP contribution >= 0.6 is 0 Å². The molecule has 0 fully saturated rings. The van der Waals surface area contributed by atoms with Gasteiger partial charge in [-0.05, 0) is 18.2 Å². The van der Waals surface area contributed by atoms with Crippen LogP contribution in [-0.2, 0) is 0 Å². The minimum absolute atomic E-state index is 0.528. The molecule has 0 saturated carbocycles. The lowest BCUT2D eigenvalue weighted by Gasteiger charge is -2.14. The molecule has 1 aromatic carbocycles. The van der Waals surface area contributed by atoms with Gasteiger partial charge in [0.25, 0.3) is 0 Å². The number of benzene rings is 1. The van der Waals surface area contributed by atoms with Crippen LogP contribution in [0.1, 0.15) is 0 Å². The number of urea groups is 1. The zero-order valence-electron chi connectivity index (χ0n) is 6.32. The standard InChI is InChI=1S/C7H9N4O/c8-10-7(12)11(9)6-4-2-1-3-5-6/h1-2,4-5H,8-9H2,(H,10,12). The van der Waals surface area contributed by atoms with Gasteiger partial charge < -0.3 is 0 Å². The highest BCUT2D eigenvalue weighted by Gasteiger charge is 2.07. The maximum Gasteiger partial charge on any atom is 0.350 e. The molecule has 63 valence electrons. The summed E-state index contributed by atoms with van der Waals surface area (Å²) in [6, 6.07) is 8.88. The fourth-order valence-electron chi connectivity index (χ4n) is 0.721. The van der Waals surface area contributed by atoms with E-state index in [4.69, 9.17) is 11.7 Å². The first-order valence-electron chi connectivity index (χ1n) is 3.27. The van der Waals surface area contributed by atoms with Crippen LogP contribution in [0.3, 0.4) is 0 Å². The van der Waals surface area contributed by atoms with Gasteiger partial charge in [-0.25, -0.2) is 21.5 Å². The average Bonchev–Trinajstić information content (AvgIpc) is 2.17. The number of hydrazine groups is 2. The second kappa shape index (κ2) is 3.70. The summed E-state index contributed by atoms with van der Waals surface area (Å²) in [6.45, 7) is 0. The van der Waals surface area contributed by atoms with Crippen LogP contribution < -0.4 is 22.1 Å². The van der Waals surface area contributed by atoms with Crippen LogP contribution in [0.4, 0.5) is 10.5 Å². The fourth-order valence-corrected chi connectivity index (χ4v) is 0.721. The third-order valence-electron chi connectivity index (χ3n) is 1.31. The molecule has 0 aromatic heterocycles. The lowest BCUT2D eigenvalue weighted by atomic mass is 10.3. The van der Waals surface area contributed by atoms with Crippen LogP contribution in [0.5, 0.6) is 0 Å². The third-order valence-corrected chi connectivity index (χ3v) is 1.31. The van der Waals surface area contributed by atoms with E-state index >= 15 is 0 Å². The van der Waals surface area contributed by atoms with E-state index in [1.165, 1.54) is 0 Å². The highest BCUT2D eigenvalue weighted by atomic mass is 16.2. The van der Waals surface area contributed by atoms with E-state index in [0.717, 1.165) is 5.01 Å². The summed E-state index contributed by atoms with van der Waals surface area (Å²) < 4.78 is 0. The number of amides is 2. The van der Waals surface area contributed by atoms with Gasteiger partial charge in [0.1, 0.15) is 0 Å². The number of nitrogens with two attached hydrogens (primary N) is 2. The van der Waals surface area contributed by atoms with Gasteiger partial charge in [-0.3, -0.25) is 5.43 Å². The Labute approximate surface area is 69.9 Å². The van der Waals surface area contributed by atoms with Crippen molar-refractivity contribution in [1.82, 2.24) is 5.43 Å². The van der Waals surface area contributed by atoms with Crippen LogP contribution in [0.15, 0.2) is 24.3 Å². The predicted octanol–water partition coefficient (Wildman–Crippen LogP) is -0.250. The molecule has 5 nitrogen and oxygen atoms in total. The van der Waals surface area contributed by atoms with Crippen molar-refractivity contribution >= 4 is 11.7 Å². The molecule has 5 N–H and O–H groups in total. The molecule has 0 aliphatic rings. The number of hydrogen-bond acceptors (Lipinski definition) is 3. The Balaban J connectivity index is 2.78. The zero-order chi connectivity index (χ0) is 8.97. The number of hydrogen-bond donors (Lipinski definition) is 3. The summed E-state index contributed by atoms with van der Waals surface area (Å²) in [5.74, 6) is 10.2. The molecule has 0 aliphatic carbocycles. The number of anilines is 1. The predicted molar refractivity (Wildman–Crippen MR) is 44.7 cm³/mol. The van der Waals surface area contributed by atoms with Gasteiger partial charge in [0.05, 0.1) is 5.69 Å². The lowest BCUT2D eigenvalue weighted by Crippen LogP contribution is -2.47. The van der Waals surface area contributed by atoms with Crippen molar-refractivity contribution in [1.29, 1.82) is 0 Å². The summed E-state index contributed by atoms with van der Waals surface area (Å²) >= 11 is 0. The van der Waals surface area contributed by atoms with Crippen molar-refractivity contribution in [3.63, 3.8) is 0 Å². The topological polar surface area (TPSA) is 84.4 Å². The van der Waals surface area contributed by atoms with Crippen molar-refractivity contribution in [2.24, 2.45) is 11.7 Å². The molecule has 0 heterocycles. The van der Waals surface area contributed by atoms with Gasteiger partial charge >= 0.3 is 6.03 Å². The van der Waals surface area contributed by atoms with Gasteiger partial charge in [0.2, 0.25) is 0 Å². The first-order valence-corrected chi connectivity index (χ1v) is 3.27. The summed E-state index contributed by atoms with van der Waals surface area (Å²) in [4.78, 5) is 10.9. The van der Waals surface area contributed by atoms with E-state index < -0.39 is 6.03 Å². The Morgan fingerprint density at radius 1 is 1.67 bits per heavy atom. The molecule has 0 saturated heterocycles. The van der Waals surface area contributed by atoms with Gasteiger partial charge in [0, 0.05) is 0 Å². The van der Waals surface area contributed by atoms with Crippen LogP contribution in [-0.4, -0.2) is 6.03 Å². The van der Waals surface area contributed by atoms with Gasteiger partial charge in [-0.15, -0.1) is 0 Å². The first-order chi connectivity index (χ1) is 5.75. The largest absolute Gasteiger partial charge is 0.350 e. The van der Waals surface area contributed by atoms with Crippen LogP contribution in [0, 0.1) is 6.07 Å². The highest BCUT2D eigenvalue weighted by molar-refractivity contribution is 5.90. The summed E-state index contributed by atoms with van der Waals surface area (Å²) in [5, 5.41) is 0.899. The monoisotopic (exact) mass is 165 g/mol. The molecule has 0 atom stereocenters. The molecule has 2 amide bonds. The minimum Gasteiger partial charge on any atom is -0.274 e. The van der Waals surface area contributed by atoms with Gasteiger partial charge in [-0.1, -0.05) is 12.1 Å². The molecule has 5 heteroatoms. The molecular formula is C7H9N4O. The van der Waals surface area contributed by atoms with Gasteiger partial charge in [-0.2, -0.15) is 0 Å². The second-order valence-electron chi connectivity index (χ2n) is 2.08. The summed E-state index contributed by atoms with van der Waals surface area (Å²) in [7, 11) is 0. The van der Waals surface area contributed by atoms with E-state index in [0.29, 0.717) is 5.69 Å². The van der Waals surface area contributed by atoms with E-state index in [9.17, 15) is 4.79 Å². The lowest BCUT2D eigenvalue weighted by molar-refractivity contribution is 0.246. The van der Waals surface area contributed by atoms with Crippen LogP contribution in [0.25, 0.3) is 0 Å². The summed E-state index contributed by atoms with van der Waals surface area (Å²) in [6.07, 6.45) is 0. The van der Waals surface area contributed by atoms with E-state index in [1.54, 1.807) is 24.3 Å². The maximum absolute atomic E-state index is 10.9. The van der Waals surface area contributed by atoms with E-state index in [2.05, 4.69) is 6.07 Å². The average molecular weight is 165 g/mol. The SMILES string of the molecule is NNC(=O)N(N)c1c[c]ccc1. The minimum atomic E-state index is -0.574. The van der Waals surface area contributed by atoms with E-state index in [-0.39, 0.29) is 0 Å². The first kappa shape index (κ1) is 8.51. The molecule has 0 spiro atoms. The Morgan fingerprint density at radius 3 is 2.92 bits per heavy atom. The maximum atomic E-state index is 10.9. The van der Waals surface area contributed by atoms with Crippen molar-refractivity contribution in [2.75, 3.05) is 5.01 Å². The Hall–Kier alpha value is -1.59. The molecule has 1 aromatic rings. The van der Waals surface area contributed by atoms with Crippen molar-refractivity contribution in [2.45, 2.75) is 0 Å². The Bertz CT molecular complexity index is 261. The molecule has 1 rings (SSSR count). The summed E-state index contributed by atoms with van der Waals surface area (Å²) in [5.41, 5.74) is 2.44. The molecule has 12 heavy (non-hydrogen) atoms. The van der Waals surface area contributed by atoms with Crippen LogP contribution in [0.2, 0.25) is 0 Å². The Kier molecular flexibility index (Phi) is 2.62. The second-order valence-corrected chi connectivity index (χ2v) is 2.08.